The quantitative estimate of drug-likeness (QED) is 0.468. The van der Waals surface area contributed by atoms with Crippen molar-refractivity contribution in [3.8, 4) is 0 Å². The third kappa shape index (κ3) is 1.99. The van der Waals surface area contributed by atoms with Crippen LogP contribution < -0.4 is 5.32 Å². The molecule has 1 aliphatic rings. The number of ether oxygens (including phenoxy) is 1. The molecule has 0 amide bonds. The lowest BCUT2D eigenvalue weighted by Crippen LogP contribution is -2.98. The van der Waals surface area contributed by atoms with Gasteiger partial charge in [-0.2, -0.15) is 0 Å². The van der Waals surface area contributed by atoms with Gasteiger partial charge in [-0.05, 0) is 0 Å². The first kappa shape index (κ1) is 6.51. The van der Waals surface area contributed by atoms with Crippen LogP contribution in [-0.2, 0) is 9.53 Å². The number of quaternary nitrogens is 1. The van der Waals surface area contributed by atoms with Crippen LogP contribution in [0, 0.1) is 0 Å². The summed E-state index contributed by atoms with van der Waals surface area (Å²) >= 11 is 0. The van der Waals surface area contributed by atoms with Gasteiger partial charge in [0.2, 0.25) is 0 Å². The second-order valence-corrected chi connectivity index (χ2v) is 2.09. The van der Waals surface area contributed by atoms with Crippen LogP contribution in [0.15, 0.2) is 0 Å². The number of hydrogen-bond donors (Lipinski definition) is 2. The second-order valence-electron chi connectivity index (χ2n) is 2.09. The van der Waals surface area contributed by atoms with Crippen LogP contribution in [0.4, 0.5) is 0 Å². The van der Waals surface area contributed by atoms with E-state index in [2.05, 4.69) is 5.32 Å². The fourth-order valence-electron chi connectivity index (χ4n) is 0.628. The number of carboxylic acid groups (broad SMARTS) is 1. The molecule has 1 heterocycles. The molecule has 0 atom stereocenters. The highest BCUT2D eigenvalue weighted by molar-refractivity contribution is 5.68. The molecule has 1 rings (SSSR count). The lowest BCUT2D eigenvalue weighted by Gasteiger charge is -2.21. The maximum absolute atomic E-state index is 9.91. The van der Waals surface area contributed by atoms with Gasteiger partial charge < -0.3 is 15.2 Å². The lowest BCUT2D eigenvalue weighted by atomic mass is 10.2. The van der Waals surface area contributed by atoms with Gasteiger partial charge in [0.25, 0.3) is 0 Å². The predicted molar refractivity (Wildman–Crippen MR) is 29.0 cm³/mol. The van der Waals surface area contributed by atoms with Crippen molar-refractivity contribution < 1.29 is 20.0 Å². The zero-order valence-electron chi connectivity index (χ0n) is 5.04. The summed E-state index contributed by atoms with van der Waals surface area (Å²) in [4.78, 5) is 9.91. The molecule has 0 aromatic carbocycles. The Morgan fingerprint density at radius 3 is 2.78 bits per heavy atom. The zero-order valence-corrected chi connectivity index (χ0v) is 5.04. The largest absolute Gasteiger partial charge is 0.480 e. The average molecular weight is 132 g/mol. The summed E-state index contributed by atoms with van der Waals surface area (Å²) in [6.07, 6.45) is 0.182. The van der Waals surface area contributed by atoms with E-state index < -0.39 is 5.97 Å². The molecule has 0 spiro atoms. The molecular weight excluding hydrogens is 122 g/mol. The number of nitrogens with two attached hydrogens (primary N) is 1. The van der Waals surface area contributed by atoms with E-state index in [-0.39, 0.29) is 12.7 Å². The zero-order chi connectivity index (χ0) is 6.69. The minimum absolute atomic E-state index is 0.154. The molecule has 1 fully saturated rings. The molecule has 0 aliphatic carbocycles. The predicted octanol–water partition coefficient (Wildman–Crippen LogP) is -1.97. The molecule has 4 heteroatoms. The van der Waals surface area contributed by atoms with Crippen LogP contribution >= 0.6 is 0 Å². The molecule has 1 saturated heterocycles. The molecule has 0 unspecified atom stereocenters. The van der Waals surface area contributed by atoms with E-state index in [1.165, 1.54) is 0 Å². The summed E-state index contributed by atoms with van der Waals surface area (Å²) in [5, 5.41) is 10.2. The molecule has 0 aromatic heterocycles. The van der Waals surface area contributed by atoms with Crippen molar-refractivity contribution in [3.63, 3.8) is 0 Å². The highest BCUT2D eigenvalue weighted by Gasteiger charge is 2.22. The van der Waals surface area contributed by atoms with Crippen LogP contribution in [0.3, 0.4) is 0 Å². The third-order valence-electron chi connectivity index (χ3n) is 1.30. The standard InChI is InChI=1S/C5H9NO3/c7-5(8)3-9-4-1-6-2-4/h4,6H,1-3H2,(H,7,8)/p+1. The van der Waals surface area contributed by atoms with Crippen molar-refractivity contribution in [2.75, 3.05) is 19.7 Å². The van der Waals surface area contributed by atoms with Gasteiger partial charge in [0, 0.05) is 0 Å². The first-order valence-corrected chi connectivity index (χ1v) is 2.94. The van der Waals surface area contributed by atoms with Crippen molar-refractivity contribution in [3.05, 3.63) is 0 Å². The summed E-state index contributed by atoms with van der Waals surface area (Å²) in [6, 6.07) is 0. The molecule has 9 heavy (non-hydrogen) atoms. The monoisotopic (exact) mass is 132 g/mol. The van der Waals surface area contributed by atoms with Gasteiger partial charge in [-0.25, -0.2) is 4.79 Å². The molecule has 0 aromatic rings. The van der Waals surface area contributed by atoms with Crippen molar-refractivity contribution in [2.24, 2.45) is 0 Å². The fourth-order valence-corrected chi connectivity index (χ4v) is 0.628. The average Bonchev–Trinajstić information content (AvgIpc) is 1.60. The van der Waals surface area contributed by atoms with Gasteiger partial charge in [0.1, 0.15) is 19.7 Å². The van der Waals surface area contributed by atoms with E-state index in [4.69, 9.17) is 9.84 Å². The molecular formula is C5H10NO3+. The summed E-state index contributed by atoms with van der Waals surface area (Å²) in [7, 11) is 0. The number of carboxylic acids is 1. The third-order valence-corrected chi connectivity index (χ3v) is 1.30. The first-order chi connectivity index (χ1) is 4.29. The van der Waals surface area contributed by atoms with E-state index in [1.807, 2.05) is 0 Å². The van der Waals surface area contributed by atoms with Crippen molar-refractivity contribution in [1.82, 2.24) is 0 Å². The molecule has 0 bridgehead atoms. The van der Waals surface area contributed by atoms with Crippen LogP contribution in [-0.4, -0.2) is 36.9 Å². The Morgan fingerprint density at radius 2 is 2.44 bits per heavy atom. The first-order valence-electron chi connectivity index (χ1n) is 2.94. The maximum Gasteiger partial charge on any atom is 0.329 e. The van der Waals surface area contributed by atoms with Crippen molar-refractivity contribution in [1.29, 1.82) is 0 Å². The van der Waals surface area contributed by atoms with Gasteiger partial charge in [-0.1, -0.05) is 0 Å². The molecule has 0 radical (unpaired) electrons. The summed E-state index contributed by atoms with van der Waals surface area (Å²) in [5.41, 5.74) is 0. The second kappa shape index (κ2) is 2.80. The molecule has 52 valence electrons. The van der Waals surface area contributed by atoms with Gasteiger partial charge in [-0.3, -0.25) is 0 Å². The van der Waals surface area contributed by atoms with Crippen LogP contribution in [0.1, 0.15) is 0 Å². The van der Waals surface area contributed by atoms with Gasteiger partial charge in [-0.15, -0.1) is 0 Å². The van der Waals surface area contributed by atoms with Crippen LogP contribution in [0.2, 0.25) is 0 Å². The minimum atomic E-state index is -0.887. The number of hydrogen-bond acceptors (Lipinski definition) is 2. The maximum atomic E-state index is 9.91. The Kier molecular flexibility index (Phi) is 2.02. The van der Waals surface area contributed by atoms with Crippen molar-refractivity contribution in [2.45, 2.75) is 6.10 Å². The van der Waals surface area contributed by atoms with E-state index >= 15 is 0 Å². The van der Waals surface area contributed by atoms with Crippen LogP contribution in [0.5, 0.6) is 0 Å². The smallest absolute Gasteiger partial charge is 0.329 e. The Bertz CT molecular complexity index is 111. The van der Waals surface area contributed by atoms with Gasteiger partial charge >= 0.3 is 5.97 Å². The molecule has 0 saturated carbocycles. The normalized spacial score (nSPS) is 19.1. The molecule has 1 aliphatic heterocycles. The summed E-state index contributed by atoms with van der Waals surface area (Å²) < 4.78 is 4.91. The minimum Gasteiger partial charge on any atom is -0.480 e. The van der Waals surface area contributed by atoms with Gasteiger partial charge in [0.15, 0.2) is 6.10 Å². The van der Waals surface area contributed by atoms with Crippen LogP contribution in [0.25, 0.3) is 0 Å². The van der Waals surface area contributed by atoms with Crippen molar-refractivity contribution >= 4 is 5.97 Å². The number of carbonyl (C=O) groups is 1. The topological polar surface area (TPSA) is 63.1 Å². The molecule has 3 N–H and O–H groups in total. The van der Waals surface area contributed by atoms with Gasteiger partial charge in [0.05, 0.1) is 0 Å². The summed E-state index contributed by atoms with van der Waals surface area (Å²) in [6.45, 7) is 1.67. The number of aliphatic carboxylic acids is 1. The van der Waals surface area contributed by atoms with E-state index in [0.29, 0.717) is 0 Å². The van der Waals surface area contributed by atoms with E-state index in [0.717, 1.165) is 13.1 Å². The Balaban J connectivity index is 1.97. The highest BCUT2D eigenvalue weighted by Crippen LogP contribution is 1.89. The lowest BCUT2D eigenvalue weighted by molar-refractivity contribution is -0.724. The highest BCUT2D eigenvalue weighted by atomic mass is 16.5. The Labute approximate surface area is 52.8 Å². The SMILES string of the molecule is O=C(O)COC1C[NH2+]C1. The van der Waals surface area contributed by atoms with E-state index in [1.54, 1.807) is 0 Å². The Hall–Kier alpha value is -0.610. The van der Waals surface area contributed by atoms with E-state index in [9.17, 15) is 4.79 Å². The summed E-state index contributed by atoms with van der Waals surface area (Å²) in [5.74, 6) is -0.887. The molecule has 4 nitrogen and oxygen atoms in total. The fraction of sp³-hybridized carbons (Fsp3) is 0.800. The Morgan fingerprint density at radius 1 is 1.78 bits per heavy atom. The number of rotatable bonds is 3.